The van der Waals surface area contributed by atoms with Gasteiger partial charge in [-0.05, 0) is 57.6 Å². The van der Waals surface area contributed by atoms with Gasteiger partial charge >= 0.3 is 0 Å². The fourth-order valence-electron chi connectivity index (χ4n) is 1.80. The summed E-state index contributed by atoms with van der Waals surface area (Å²) in [6, 6.07) is 0. The van der Waals surface area contributed by atoms with E-state index in [0.717, 1.165) is 18.7 Å². The van der Waals surface area contributed by atoms with Crippen LogP contribution < -0.4 is 0 Å². The van der Waals surface area contributed by atoms with Crippen molar-refractivity contribution in [3.05, 3.63) is 34.7 Å². The number of thiol groups is 1. The van der Waals surface area contributed by atoms with Crippen LogP contribution in [0.15, 0.2) is 34.7 Å². The first-order valence-electron chi connectivity index (χ1n) is 5.48. The first kappa shape index (κ1) is 12.4. The molecule has 1 aliphatic rings. The average Bonchev–Trinajstić information content (AvgIpc) is 2.16. The standard InChI is InChI=1S/C13H21NS/c1-10(2)13-8-11(3)14(6-5-7-15)12(4)9-13/h8-9,15H,5-7H2,1-4H3. The third-order valence-corrected chi connectivity index (χ3v) is 3.01. The average molecular weight is 223 g/mol. The van der Waals surface area contributed by atoms with Crippen molar-refractivity contribution >= 4 is 12.6 Å². The molecule has 1 heterocycles. The van der Waals surface area contributed by atoms with Crippen LogP contribution in [-0.4, -0.2) is 17.2 Å². The van der Waals surface area contributed by atoms with Crippen molar-refractivity contribution in [2.45, 2.75) is 34.1 Å². The summed E-state index contributed by atoms with van der Waals surface area (Å²) in [7, 11) is 0. The highest BCUT2D eigenvalue weighted by molar-refractivity contribution is 7.80. The monoisotopic (exact) mass is 223 g/mol. The van der Waals surface area contributed by atoms with E-state index >= 15 is 0 Å². The zero-order chi connectivity index (χ0) is 11.4. The highest BCUT2D eigenvalue weighted by atomic mass is 32.1. The van der Waals surface area contributed by atoms with E-state index in [1.165, 1.54) is 22.5 Å². The Kier molecular flexibility index (Phi) is 4.52. The van der Waals surface area contributed by atoms with E-state index in [0.29, 0.717) is 0 Å². The fourth-order valence-corrected chi connectivity index (χ4v) is 1.94. The molecule has 0 aromatic rings. The fraction of sp³-hybridized carbons (Fsp3) is 0.538. The SMILES string of the molecule is CC1=CC(=C(C)C)C=C(C)N1CCCS. The van der Waals surface area contributed by atoms with Crippen molar-refractivity contribution in [3.8, 4) is 0 Å². The van der Waals surface area contributed by atoms with Crippen LogP contribution in [-0.2, 0) is 0 Å². The van der Waals surface area contributed by atoms with Gasteiger partial charge in [-0.1, -0.05) is 5.57 Å². The smallest absolute Gasteiger partial charge is 0.0232 e. The molecule has 0 saturated carbocycles. The van der Waals surface area contributed by atoms with Gasteiger partial charge in [-0.25, -0.2) is 0 Å². The molecule has 0 radical (unpaired) electrons. The minimum absolute atomic E-state index is 0.951. The lowest BCUT2D eigenvalue weighted by molar-refractivity contribution is 0.424. The number of hydrogen-bond donors (Lipinski definition) is 1. The number of nitrogens with zero attached hydrogens (tertiary/aromatic N) is 1. The maximum absolute atomic E-state index is 4.25. The maximum atomic E-state index is 4.25. The Morgan fingerprint density at radius 3 is 2.13 bits per heavy atom. The Hall–Kier alpha value is -0.630. The summed E-state index contributed by atoms with van der Waals surface area (Å²) in [6.07, 6.45) is 5.66. The molecule has 0 spiro atoms. The molecular weight excluding hydrogens is 202 g/mol. The molecule has 1 nitrogen and oxygen atoms in total. The van der Waals surface area contributed by atoms with Crippen molar-refractivity contribution in [2.75, 3.05) is 12.3 Å². The van der Waals surface area contributed by atoms with Crippen LogP contribution in [0, 0.1) is 0 Å². The number of hydrogen-bond acceptors (Lipinski definition) is 2. The van der Waals surface area contributed by atoms with Gasteiger partial charge in [0.15, 0.2) is 0 Å². The molecule has 0 amide bonds. The summed E-state index contributed by atoms with van der Waals surface area (Å²) >= 11 is 4.25. The van der Waals surface area contributed by atoms with Crippen LogP contribution in [0.2, 0.25) is 0 Å². The lowest BCUT2D eigenvalue weighted by Gasteiger charge is -2.30. The molecular formula is C13H21NS. The van der Waals surface area contributed by atoms with E-state index < -0.39 is 0 Å². The summed E-state index contributed by atoms with van der Waals surface area (Å²) in [6.45, 7) is 9.75. The highest BCUT2D eigenvalue weighted by Gasteiger charge is 2.12. The Morgan fingerprint density at radius 2 is 1.73 bits per heavy atom. The van der Waals surface area contributed by atoms with Crippen LogP contribution in [0.1, 0.15) is 34.1 Å². The second kappa shape index (κ2) is 5.45. The molecule has 0 aromatic heterocycles. The summed E-state index contributed by atoms with van der Waals surface area (Å²) < 4.78 is 0. The molecule has 0 aromatic carbocycles. The molecule has 1 rings (SSSR count). The van der Waals surface area contributed by atoms with Crippen LogP contribution in [0.5, 0.6) is 0 Å². The van der Waals surface area contributed by atoms with Gasteiger partial charge in [-0.3, -0.25) is 0 Å². The minimum Gasteiger partial charge on any atom is -0.349 e. The molecule has 84 valence electrons. The van der Waals surface area contributed by atoms with Gasteiger partial charge in [0.1, 0.15) is 0 Å². The van der Waals surface area contributed by atoms with Gasteiger partial charge in [0.2, 0.25) is 0 Å². The molecule has 0 unspecified atom stereocenters. The first-order valence-corrected chi connectivity index (χ1v) is 6.12. The molecule has 0 atom stereocenters. The second-order valence-electron chi connectivity index (χ2n) is 4.26. The summed E-state index contributed by atoms with van der Waals surface area (Å²) in [5.41, 5.74) is 5.41. The van der Waals surface area contributed by atoms with E-state index in [2.05, 4.69) is 57.4 Å². The van der Waals surface area contributed by atoms with Crippen LogP contribution in [0.3, 0.4) is 0 Å². The van der Waals surface area contributed by atoms with E-state index in [9.17, 15) is 0 Å². The van der Waals surface area contributed by atoms with Crippen LogP contribution in [0.4, 0.5) is 0 Å². The van der Waals surface area contributed by atoms with E-state index in [1.54, 1.807) is 0 Å². The Bertz CT molecular complexity index is 297. The van der Waals surface area contributed by atoms with Gasteiger partial charge in [0.05, 0.1) is 0 Å². The lowest BCUT2D eigenvalue weighted by Crippen LogP contribution is -2.23. The number of allylic oxidation sites excluding steroid dienone is 6. The van der Waals surface area contributed by atoms with E-state index in [-0.39, 0.29) is 0 Å². The van der Waals surface area contributed by atoms with Crippen LogP contribution >= 0.6 is 12.6 Å². The summed E-state index contributed by atoms with van der Waals surface area (Å²) in [5, 5.41) is 0. The summed E-state index contributed by atoms with van der Waals surface area (Å²) in [5.74, 6) is 0.951. The second-order valence-corrected chi connectivity index (χ2v) is 4.70. The topological polar surface area (TPSA) is 3.24 Å². The molecule has 2 heteroatoms. The van der Waals surface area contributed by atoms with E-state index in [1.807, 2.05) is 0 Å². The molecule has 0 fully saturated rings. The first-order chi connectivity index (χ1) is 7.06. The summed E-state index contributed by atoms with van der Waals surface area (Å²) in [4.78, 5) is 2.36. The molecule has 15 heavy (non-hydrogen) atoms. The highest BCUT2D eigenvalue weighted by Crippen LogP contribution is 2.24. The largest absolute Gasteiger partial charge is 0.349 e. The molecule has 0 saturated heterocycles. The molecule has 1 aliphatic heterocycles. The normalized spacial score (nSPS) is 16.3. The van der Waals surface area contributed by atoms with Crippen LogP contribution in [0.25, 0.3) is 0 Å². The third-order valence-electron chi connectivity index (χ3n) is 2.70. The molecule has 0 bridgehead atoms. The predicted octanol–water partition coefficient (Wildman–Crippen LogP) is 3.77. The molecule has 0 N–H and O–H groups in total. The Balaban J connectivity index is 2.85. The number of rotatable bonds is 3. The Labute approximate surface area is 99.0 Å². The van der Waals surface area contributed by atoms with Crippen molar-refractivity contribution in [3.63, 3.8) is 0 Å². The zero-order valence-electron chi connectivity index (χ0n) is 10.2. The van der Waals surface area contributed by atoms with Crippen molar-refractivity contribution in [1.82, 2.24) is 4.90 Å². The quantitative estimate of drug-likeness (QED) is 0.713. The van der Waals surface area contributed by atoms with Crippen molar-refractivity contribution in [2.24, 2.45) is 0 Å². The molecule has 0 aliphatic carbocycles. The predicted molar refractivity (Wildman–Crippen MR) is 71.1 cm³/mol. The van der Waals surface area contributed by atoms with Gasteiger partial charge < -0.3 is 4.90 Å². The minimum atomic E-state index is 0.951. The van der Waals surface area contributed by atoms with Gasteiger partial charge in [-0.2, -0.15) is 12.6 Å². The lowest BCUT2D eigenvalue weighted by atomic mass is 10.0. The van der Waals surface area contributed by atoms with Gasteiger partial charge in [0, 0.05) is 17.9 Å². The van der Waals surface area contributed by atoms with Gasteiger partial charge in [0.25, 0.3) is 0 Å². The zero-order valence-corrected chi connectivity index (χ0v) is 11.1. The third kappa shape index (κ3) is 3.16. The van der Waals surface area contributed by atoms with Crippen molar-refractivity contribution in [1.29, 1.82) is 0 Å². The van der Waals surface area contributed by atoms with Crippen molar-refractivity contribution < 1.29 is 0 Å². The van der Waals surface area contributed by atoms with Gasteiger partial charge in [-0.15, -0.1) is 0 Å². The van der Waals surface area contributed by atoms with E-state index in [4.69, 9.17) is 0 Å². The maximum Gasteiger partial charge on any atom is 0.0232 e. The Morgan fingerprint density at radius 1 is 1.20 bits per heavy atom.